The highest BCUT2D eigenvalue weighted by Gasteiger charge is 2.05. The Hall–Kier alpha value is -2.72. The number of hydrogen-bond donors (Lipinski definition) is 2. The second-order valence-corrected chi connectivity index (χ2v) is 5.55. The van der Waals surface area contributed by atoms with E-state index >= 15 is 0 Å². The highest BCUT2D eigenvalue weighted by atomic mass is 32.1. The molecule has 3 nitrogen and oxygen atoms in total. The molecule has 3 rings (SSSR count). The summed E-state index contributed by atoms with van der Waals surface area (Å²) in [4.78, 5) is 4.07. The fourth-order valence-electron chi connectivity index (χ4n) is 2.33. The van der Waals surface area contributed by atoms with Crippen molar-refractivity contribution in [3.05, 3.63) is 90.3 Å². The molecule has 0 aliphatic heterocycles. The molecular weight excluding hydrogens is 302 g/mol. The molecule has 0 saturated heterocycles. The van der Waals surface area contributed by atoms with Gasteiger partial charge in [-0.1, -0.05) is 48.5 Å². The summed E-state index contributed by atoms with van der Waals surface area (Å²) in [6, 6.07) is 22.4. The van der Waals surface area contributed by atoms with Gasteiger partial charge in [0.15, 0.2) is 5.11 Å². The van der Waals surface area contributed by atoms with E-state index in [0.717, 1.165) is 17.8 Å². The van der Waals surface area contributed by atoms with Crippen LogP contribution < -0.4 is 10.6 Å². The smallest absolute Gasteiger partial charge is 0.175 e. The Bertz CT molecular complexity index is 773. The largest absolute Gasteiger partial charge is 0.332 e. The Morgan fingerprint density at radius 2 is 1.65 bits per heavy atom. The fourth-order valence-corrected chi connectivity index (χ4v) is 2.56. The van der Waals surface area contributed by atoms with Crippen LogP contribution in [0.4, 0.5) is 11.4 Å². The summed E-state index contributed by atoms with van der Waals surface area (Å²) < 4.78 is 0. The van der Waals surface area contributed by atoms with E-state index in [1.54, 1.807) is 12.4 Å². The molecule has 0 unspecified atom stereocenters. The molecule has 0 saturated carbocycles. The van der Waals surface area contributed by atoms with Gasteiger partial charge in [0.05, 0.1) is 11.9 Å². The lowest BCUT2D eigenvalue weighted by atomic mass is 10.0. The zero-order valence-corrected chi connectivity index (χ0v) is 13.4. The van der Waals surface area contributed by atoms with Gasteiger partial charge in [-0.05, 0) is 48.0 Å². The number of para-hydroxylation sites is 1. The normalized spacial score (nSPS) is 10.1. The molecule has 0 fully saturated rings. The summed E-state index contributed by atoms with van der Waals surface area (Å²) in [5.74, 6) is 0. The van der Waals surface area contributed by atoms with Crippen LogP contribution in [0.1, 0.15) is 11.1 Å². The number of aromatic nitrogens is 1. The summed E-state index contributed by atoms with van der Waals surface area (Å²) in [7, 11) is 0. The van der Waals surface area contributed by atoms with Crippen LogP contribution in [-0.4, -0.2) is 10.1 Å². The first-order valence-electron chi connectivity index (χ1n) is 7.41. The van der Waals surface area contributed by atoms with E-state index in [4.69, 9.17) is 12.2 Å². The minimum Gasteiger partial charge on any atom is -0.332 e. The van der Waals surface area contributed by atoms with Crippen LogP contribution in [-0.2, 0) is 6.42 Å². The van der Waals surface area contributed by atoms with E-state index in [1.807, 2.05) is 36.4 Å². The Morgan fingerprint density at radius 3 is 2.43 bits per heavy atom. The average Bonchev–Trinajstić information content (AvgIpc) is 2.58. The first kappa shape index (κ1) is 15.2. The minimum absolute atomic E-state index is 0.554. The van der Waals surface area contributed by atoms with Crippen molar-refractivity contribution >= 4 is 28.7 Å². The SMILES string of the molecule is S=C(Nc1cccnc1)Nc1ccccc1Cc1ccccc1. The van der Waals surface area contributed by atoms with Gasteiger partial charge in [0.1, 0.15) is 0 Å². The van der Waals surface area contributed by atoms with Gasteiger partial charge in [-0.2, -0.15) is 0 Å². The third kappa shape index (κ3) is 4.37. The van der Waals surface area contributed by atoms with Crippen LogP contribution in [0.25, 0.3) is 0 Å². The van der Waals surface area contributed by atoms with Crippen molar-refractivity contribution in [3.63, 3.8) is 0 Å². The quantitative estimate of drug-likeness (QED) is 0.695. The monoisotopic (exact) mass is 319 g/mol. The van der Waals surface area contributed by atoms with E-state index in [-0.39, 0.29) is 0 Å². The molecule has 4 heteroatoms. The number of rotatable bonds is 4. The predicted octanol–water partition coefficient (Wildman–Crippen LogP) is 4.48. The average molecular weight is 319 g/mol. The first-order chi connectivity index (χ1) is 11.3. The molecule has 0 aliphatic carbocycles. The van der Waals surface area contributed by atoms with Crippen molar-refractivity contribution in [1.82, 2.24) is 4.98 Å². The zero-order valence-electron chi connectivity index (χ0n) is 12.6. The summed E-state index contributed by atoms with van der Waals surface area (Å²) in [6.07, 6.45) is 4.33. The van der Waals surface area contributed by atoms with Crippen molar-refractivity contribution in [1.29, 1.82) is 0 Å². The maximum atomic E-state index is 5.39. The summed E-state index contributed by atoms with van der Waals surface area (Å²) in [6.45, 7) is 0. The number of nitrogens with one attached hydrogen (secondary N) is 2. The Kier molecular flexibility index (Phi) is 4.96. The lowest BCUT2D eigenvalue weighted by molar-refractivity contribution is 1.19. The molecule has 23 heavy (non-hydrogen) atoms. The topological polar surface area (TPSA) is 37.0 Å². The van der Waals surface area contributed by atoms with Gasteiger partial charge >= 0.3 is 0 Å². The van der Waals surface area contributed by atoms with Crippen LogP contribution in [0.3, 0.4) is 0 Å². The van der Waals surface area contributed by atoms with E-state index in [1.165, 1.54) is 11.1 Å². The Labute approximate surface area is 141 Å². The van der Waals surface area contributed by atoms with Crippen molar-refractivity contribution in [3.8, 4) is 0 Å². The number of nitrogens with zero attached hydrogens (tertiary/aromatic N) is 1. The van der Waals surface area contributed by atoms with Gasteiger partial charge in [-0.3, -0.25) is 4.98 Å². The van der Waals surface area contributed by atoms with E-state index in [0.29, 0.717) is 5.11 Å². The number of hydrogen-bond acceptors (Lipinski definition) is 2. The number of pyridine rings is 1. The fraction of sp³-hybridized carbons (Fsp3) is 0.0526. The lowest BCUT2D eigenvalue weighted by Crippen LogP contribution is -2.20. The van der Waals surface area contributed by atoms with Gasteiger partial charge in [0, 0.05) is 11.9 Å². The highest BCUT2D eigenvalue weighted by Crippen LogP contribution is 2.19. The zero-order chi connectivity index (χ0) is 15.9. The van der Waals surface area contributed by atoms with Gasteiger partial charge in [-0.15, -0.1) is 0 Å². The molecule has 0 bridgehead atoms. The third-order valence-electron chi connectivity index (χ3n) is 3.42. The third-order valence-corrected chi connectivity index (χ3v) is 3.63. The first-order valence-corrected chi connectivity index (χ1v) is 7.82. The molecule has 3 aromatic rings. The molecule has 1 heterocycles. The van der Waals surface area contributed by atoms with Gasteiger partial charge in [-0.25, -0.2) is 0 Å². The van der Waals surface area contributed by atoms with Gasteiger partial charge < -0.3 is 10.6 Å². The van der Waals surface area contributed by atoms with Crippen LogP contribution in [0.15, 0.2) is 79.1 Å². The summed E-state index contributed by atoms with van der Waals surface area (Å²) >= 11 is 5.39. The van der Waals surface area contributed by atoms with Crippen molar-refractivity contribution in [2.24, 2.45) is 0 Å². The standard InChI is InChI=1S/C19H17N3S/c23-19(21-17-10-6-12-20-14-17)22-18-11-5-4-9-16(18)13-15-7-2-1-3-8-15/h1-12,14H,13H2,(H2,21,22,23). The number of anilines is 2. The van der Waals surface area contributed by atoms with Gasteiger partial charge in [0.25, 0.3) is 0 Å². The van der Waals surface area contributed by atoms with Gasteiger partial charge in [0.2, 0.25) is 0 Å². The second-order valence-electron chi connectivity index (χ2n) is 5.14. The molecular formula is C19H17N3S. The van der Waals surface area contributed by atoms with Crippen LogP contribution in [0.5, 0.6) is 0 Å². The molecule has 2 aromatic carbocycles. The maximum Gasteiger partial charge on any atom is 0.175 e. The van der Waals surface area contributed by atoms with E-state index in [2.05, 4.69) is 45.9 Å². The van der Waals surface area contributed by atoms with Crippen LogP contribution in [0.2, 0.25) is 0 Å². The summed E-state index contributed by atoms with van der Waals surface area (Å²) in [5.41, 5.74) is 4.35. The van der Waals surface area contributed by atoms with Crippen molar-refractivity contribution in [2.75, 3.05) is 10.6 Å². The molecule has 1 aromatic heterocycles. The minimum atomic E-state index is 0.554. The molecule has 0 spiro atoms. The van der Waals surface area contributed by atoms with Crippen molar-refractivity contribution < 1.29 is 0 Å². The van der Waals surface area contributed by atoms with Crippen LogP contribution in [0, 0.1) is 0 Å². The molecule has 0 atom stereocenters. The van der Waals surface area contributed by atoms with Crippen LogP contribution >= 0.6 is 12.2 Å². The second kappa shape index (κ2) is 7.51. The predicted molar refractivity (Wildman–Crippen MR) is 99.8 cm³/mol. The van der Waals surface area contributed by atoms with E-state index < -0.39 is 0 Å². The Balaban J connectivity index is 1.71. The van der Waals surface area contributed by atoms with Crippen molar-refractivity contribution in [2.45, 2.75) is 6.42 Å². The highest BCUT2D eigenvalue weighted by molar-refractivity contribution is 7.80. The molecule has 2 N–H and O–H groups in total. The number of thiocarbonyl (C=S) groups is 1. The molecule has 0 aliphatic rings. The summed E-state index contributed by atoms with van der Waals surface area (Å²) in [5, 5.41) is 6.97. The van der Waals surface area contributed by atoms with E-state index in [9.17, 15) is 0 Å². The molecule has 0 amide bonds. The maximum absolute atomic E-state index is 5.39. The lowest BCUT2D eigenvalue weighted by Gasteiger charge is -2.14. The Morgan fingerprint density at radius 1 is 0.870 bits per heavy atom. The molecule has 114 valence electrons. The number of benzene rings is 2. The molecule has 0 radical (unpaired) electrons.